The molecule has 0 amide bonds. The number of hydrogen-bond acceptors (Lipinski definition) is 4. The van der Waals surface area contributed by atoms with Crippen LogP contribution in [0.15, 0.2) is 54.9 Å². The Kier molecular flexibility index (Phi) is 15.1. The van der Waals surface area contributed by atoms with E-state index in [9.17, 15) is 9.18 Å². The Morgan fingerprint density at radius 1 is 0.683 bits per heavy atom. The van der Waals surface area contributed by atoms with Gasteiger partial charge in [-0.15, -0.1) is 0 Å². The van der Waals surface area contributed by atoms with Gasteiger partial charge in [0.2, 0.25) is 0 Å². The van der Waals surface area contributed by atoms with Gasteiger partial charge < -0.3 is 4.74 Å². The number of esters is 1. The fraction of sp³-hybridized carbons (Fsp3) is 0.528. The van der Waals surface area contributed by atoms with E-state index in [1.165, 1.54) is 89.5 Å². The van der Waals surface area contributed by atoms with Gasteiger partial charge >= 0.3 is 5.97 Å². The van der Waals surface area contributed by atoms with Gasteiger partial charge in [-0.25, -0.2) is 19.2 Å². The molecule has 0 aliphatic carbocycles. The van der Waals surface area contributed by atoms with Crippen LogP contribution < -0.4 is 4.74 Å². The van der Waals surface area contributed by atoms with E-state index < -0.39 is 5.97 Å². The summed E-state index contributed by atoms with van der Waals surface area (Å²) >= 11 is 0. The normalized spacial score (nSPS) is 11.1. The number of hydrogen-bond donors (Lipinski definition) is 0. The predicted molar refractivity (Wildman–Crippen MR) is 167 cm³/mol. The molecular weight excluding hydrogens is 511 g/mol. The summed E-state index contributed by atoms with van der Waals surface area (Å²) in [5.74, 6) is 0.00978. The molecule has 0 saturated heterocycles. The standard InChI is InChI=1S/C36H49FN2O2/c1-3-5-7-9-11-13-14-16-18-29-27-38-35(39-28-29)31-20-22-32(23-21-31)36(40)41-33-25-24-30(34(37)26-33)19-17-15-12-10-8-6-4-2/h20-28H,3-19H2,1-2H3. The number of aromatic nitrogens is 2. The fourth-order valence-electron chi connectivity index (χ4n) is 5.08. The van der Waals surface area contributed by atoms with Crippen LogP contribution in [0.5, 0.6) is 5.75 Å². The average Bonchev–Trinajstić information content (AvgIpc) is 2.99. The first-order valence-electron chi connectivity index (χ1n) is 16.0. The van der Waals surface area contributed by atoms with Crippen LogP contribution in [-0.4, -0.2) is 15.9 Å². The maximum atomic E-state index is 14.6. The molecule has 5 heteroatoms. The van der Waals surface area contributed by atoms with E-state index >= 15 is 0 Å². The molecule has 41 heavy (non-hydrogen) atoms. The van der Waals surface area contributed by atoms with Crippen LogP contribution in [0.1, 0.15) is 132 Å². The van der Waals surface area contributed by atoms with E-state index in [0.717, 1.165) is 30.4 Å². The van der Waals surface area contributed by atoms with Crippen molar-refractivity contribution in [3.63, 3.8) is 0 Å². The Balaban J connectivity index is 1.41. The summed E-state index contributed by atoms with van der Waals surface area (Å²) in [6.45, 7) is 4.47. The van der Waals surface area contributed by atoms with E-state index in [1.807, 2.05) is 24.5 Å². The maximum absolute atomic E-state index is 14.6. The van der Waals surface area contributed by atoms with E-state index in [-0.39, 0.29) is 11.6 Å². The van der Waals surface area contributed by atoms with Crippen LogP contribution >= 0.6 is 0 Å². The van der Waals surface area contributed by atoms with Crippen molar-refractivity contribution < 1.29 is 13.9 Å². The summed E-state index contributed by atoms with van der Waals surface area (Å²) in [5.41, 5.74) is 3.06. The minimum atomic E-state index is -0.516. The minimum Gasteiger partial charge on any atom is -0.423 e. The van der Waals surface area contributed by atoms with Gasteiger partial charge in [0.15, 0.2) is 5.82 Å². The molecule has 0 aliphatic rings. The summed E-state index contributed by atoms with van der Waals surface area (Å²) in [6, 6.07) is 11.7. The molecule has 0 spiro atoms. The molecule has 0 atom stereocenters. The lowest BCUT2D eigenvalue weighted by Gasteiger charge is -2.08. The van der Waals surface area contributed by atoms with Crippen LogP contribution in [-0.2, 0) is 12.8 Å². The molecule has 3 rings (SSSR count). The van der Waals surface area contributed by atoms with Crippen molar-refractivity contribution in [1.29, 1.82) is 0 Å². The molecule has 222 valence electrons. The Bertz CT molecular complexity index is 1150. The highest BCUT2D eigenvalue weighted by atomic mass is 19.1. The van der Waals surface area contributed by atoms with E-state index in [1.54, 1.807) is 24.3 Å². The molecule has 0 unspecified atom stereocenters. The lowest BCUT2D eigenvalue weighted by Crippen LogP contribution is -2.09. The van der Waals surface area contributed by atoms with Crippen molar-refractivity contribution in [2.45, 2.75) is 123 Å². The second-order valence-corrected chi connectivity index (χ2v) is 11.2. The molecule has 0 N–H and O–H groups in total. The highest BCUT2D eigenvalue weighted by Crippen LogP contribution is 2.22. The maximum Gasteiger partial charge on any atom is 0.343 e. The average molecular weight is 561 g/mol. The predicted octanol–water partition coefficient (Wildman–Crippen LogP) is 10.5. The first-order valence-corrected chi connectivity index (χ1v) is 16.0. The zero-order valence-electron chi connectivity index (χ0n) is 25.3. The fourth-order valence-corrected chi connectivity index (χ4v) is 5.08. The Hall–Kier alpha value is -3.08. The van der Waals surface area contributed by atoms with Crippen molar-refractivity contribution in [3.05, 3.63) is 77.4 Å². The highest BCUT2D eigenvalue weighted by Gasteiger charge is 2.12. The van der Waals surface area contributed by atoms with Crippen LogP contribution in [0.3, 0.4) is 0 Å². The number of ether oxygens (including phenoxy) is 1. The summed E-state index contributed by atoms with van der Waals surface area (Å²) in [6.07, 6.45) is 24.3. The first-order chi connectivity index (χ1) is 20.1. The third-order valence-corrected chi connectivity index (χ3v) is 7.69. The number of nitrogens with zero attached hydrogens (tertiary/aromatic N) is 2. The van der Waals surface area contributed by atoms with E-state index in [0.29, 0.717) is 23.4 Å². The quantitative estimate of drug-likeness (QED) is 0.0783. The molecule has 1 aromatic heterocycles. The lowest BCUT2D eigenvalue weighted by atomic mass is 10.0. The van der Waals surface area contributed by atoms with E-state index in [4.69, 9.17) is 4.74 Å². The molecule has 4 nitrogen and oxygen atoms in total. The molecule has 0 bridgehead atoms. The molecule has 0 radical (unpaired) electrons. The zero-order chi connectivity index (χ0) is 29.1. The van der Waals surface area contributed by atoms with Crippen molar-refractivity contribution in [1.82, 2.24) is 9.97 Å². The third-order valence-electron chi connectivity index (χ3n) is 7.69. The smallest absolute Gasteiger partial charge is 0.343 e. The van der Waals surface area contributed by atoms with Crippen molar-refractivity contribution in [3.8, 4) is 17.1 Å². The van der Waals surface area contributed by atoms with Gasteiger partial charge in [0.05, 0.1) is 5.56 Å². The molecule has 0 saturated carbocycles. The Morgan fingerprint density at radius 2 is 1.22 bits per heavy atom. The molecule has 2 aromatic carbocycles. The van der Waals surface area contributed by atoms with Crippen molar-refractivity contribution >= 4 is 5.97 Å². The number of halogens is 1. The molecule has 0 fully saturated rings. The second kappa shape index (κ2) is 19.1. The van der Waals surface area contributed by atoms with Crippen LogP contribution in [0.25, 0.3) is 11.4 Å². The second-order valence-electron chi connectivity index (χ2n) is 11.2. The van der Waals surface area contributed by atoms with Crippen LogP contribution in [0.2, 0.25) is 0 Å². The largest absolute Gasteiger partial charge is 0.423 e. The number of benzene rings is 2. The van der Waals surface area contributed by atoms with Gasteiger partial charge in [-0.1, -0.05) is 116 Å². The third kappa shape index (κ3) is 12.1. The van der Waals surface area contributed by atoms with Gasteiger partial charge in [0.1, 0.15) is 11.6 Å². The first kappa shape index (κ1) is 32.4. The van der Waals surface area contributed by atoms with E-state index in [2.05, 4.69) is 23.8 Å². The van der Waals surface area contributed by atoms with Gasteiger partial charge in [0, 0.05) is 24.0 Å². The van der Waals surface area contributed by atoms with Crippen LogP contribution in [0.4, 0.5) is 4.39 Å². The summed E-state index contributed by atoms with van der Waals surface area (Å²) in [7, 11) is 0. The van der Waals surface area contributed by atoms with Crippen LogP contribution in [0, 0.1) is 5.82 Å². The van der Waals surface area contributed by atoms with Gasteiger partial charge in [0.25, 0.3) is 0 Å². The lowest BCUT2D eigenvalue weighted by molar-refractivity contribution is 0.0734. The Labute approximate surface area is 247 Å². The van der Waals surface area contributed by atoms with Gasteiger partial charge in [-0.2, -0.15) is 0 Å². The number of unbranched alkanes of at least 4 members (excludes halogenated alkanes) is 13. The van der Waals surface area contributed by atoms with Crippen molar-refractivity contribution in [2.75, 3.05) is 0 Å². The summed E-state index contributed by atoms with van der Waals surface area (Å²) in [5, 5.41) is 0. The number of carbonyl (C=O) groups excluding carboxylic acids is 1. The highest BCUT2D eigenvalue weighted by molar-refractivity contribution is 5.91. The zero-order valence-corrected chi connectivity index (χ0v) is 25.3. The monoisotopic (exact) mass is 560 g/mol. The number of aryl methyl sites for hydroxylation is 2. The topological polar surface area (TPSA) is 52.1 Å². The van der Waals surface area contributed by atoms with Crippen molar-refractivity contribution in [2.24, 2.45) is 0 Å². The molecule has 1 heterocycles. The van der Waals surface area contributed by atoms with Gasteiger partial charge in [-0.05, 0) is 55.0 Å². The minimum absolute atomic E-state index is 0.218. The Morgan fingerprint density at radius 3 is 1.78 bits per heavy atom. The van der Waals surface area contributed by atoms with Gasteiger partial charge in [-0.3, -0.25) is 0 Å². The SMILES string of the molecule is CCCCCCCCCCc1cnc(-c2ccc(C(=O)Oc3ccc(CCCCCCCCC)c(F)c3)cc2)nc1. The summed E-state index contributed by atoms with van der Waals surface area (Å²) in [4.78, 5) is 21.7. The molecular formula is C36H49FN2O2. The number of rotatable bonds is 20. The molecule has 3 aromatic rings. The number of carbonyl (C=O) groups is 1. The summed E-state index contributed by atoms with van der Waals surface area (Å²) < 4.78 is 20.0. The molecule has 0 aliphatic heterocycles.